The third-order valence-corrected chi connectivity index (χ3v) is 3.82. The van der Waals surface area contributed by atoms with E-state index in [1.54, 1.807) is 36.6 Å². The molecule has 0 fully saturated rings. The molecule has 0 saturated heterocycles. The van der Waals surface area contributed by atoms with Gasteiger partial charge in [-0.25, -0.2) is 4.79 Å². The summed E-state index contributed by atoms with van der Waals surface area (Å²) in [5.41, 5.74) is 0. The predicted octanol–water partition coefficient (Wildman–Crippen LogP) is 1.87. The molecule has 0 saturated carbocycles. The smallest absolute Gasteiger partial charge is 0.323 e. The average Bonchev–Trinajstić information content (AvgIpc) is 3.03. The minimum atomic E-state index is -0.210. The number of ether oxygens (including phenoxy) is 1. The van der Waals surface area contributed by atoms with Crippen molar-refractivity contribution in [1.29, 1.82) is 0 Å². The van der Waals surface area contributed by atoms with Crippen molar-refractivity contribution in [3.05, 3.63) is 28.1 Å². The summed E-state index contributed by atoms with van der Waals surface area (Å²) in [7, 11) is 3.37. The Morgan fingerprint density at radius 2 is 2.33 bits per heavy atom. The summed E-state index contributed by atoms with van der Waals surface area (Å²) in [5, 5.41) is 10.4. The van der Waals surface area contributed by atoms with Crippen molar-refractivity contribution in [1.82, 2.24) is 19.9 Å². The van der Waals surface area contributed by atoms with E-state index in [1.165, 1.54) is 9.56 Å². The van der Waals surface area contributed by atoms with E-state index >= 15 is 0 Å². The molecule has 7 nitrogen and oxygen atoms in total. The van der Waals surface area contributed by atoms with Gasteiger partial charge in [0.15, 0.2) is 5.82 Å². The van der Waals surface area contributed by atoms with Crippen LogP contribution in [0.4, 0.5) is 10.6 Å². The summed E-state index contributed by atoms with van der Waals surface area (Å²) in [4.78, 5) is 16.4. The molecule has 8 heteroatoms. The second-order valence-electron chi connectivity index (χ2n) is 4.63. The lowest BCUT2D eigenvalue weighted by atomic mass is 10.4. The Bertz CT molecular complexity index is 595. The second kappa shape index (κ2) is 7.19. The summed E-state index contributed by atoms with van der Waals surface area (Å²) in [6.45, 7) is 3.60. The number of hydrogen-bond donors (Lipinski definition) is 1. The molecule has 0 aliphatic carbocycles. The molecule has 2 heterocycles. The van der Waals surface area contributed by atoms with Crippen LogP contribution in [0.1, 0.15) is 9.75 Å². The van der Waals surface area contributed by atoms with Crippen LogP contribution in [0, 0.1) is 6.92 Å². The summed E-state index contributed by atoms with van der Waals surface area (Å²) in [6.07, 6.45) is 1.65. The van der Waals surface area contributed by atoms with Gasteiger partial charge >= 0.3 is 6.03 Å². The van der Waals surface area contributed by atoms with Gasteiger partial charge in [-0.15, -0.1) is 16.4 Å². The minimum Gasteiger partial charge on any atom is -0.383 e. The van der Waals surface area contributed by atoms with E-state index in [0.29, 0.717) is 25.5 Å². The molecule has 0 spiro atoms. The van der Waals surface area contributed by atoms with Crippen LogP contribution in [-0.4, -0.2) is 46.2 Å². The van der Waals surface area contributed by atoms with Crippen molar-refractivity contribution in [2.75, 3.05) is 25.6 Å². The number of hydrogen-bond acceptors (Lipinski definition) is 5. The Morgan fingerprint density at radius 1 is 1.52 bits per heavy atom. The molecular formula is C13H19N5O2S. The first-order chi connectivity index (χ1) is 10.1. The van der Waals surface area contributed by atoms with Crippen molar-refractivity contribution in [2.24, 2.45) is 7.05 Å². The topological polar surface area (TPSA) is 72.3 Å². The lowest BCUT2D eigenvalue weighted by molar-refractivity contribution is 0.153. The van der Waals surface area contributed by atoms with Gasteiger partial charge in [0, 0.05) is 30.5 Å². The monoisotopic (exact) mass is 309 g/mol. The van der Waals surface area contributed by atoms with E-state index in [1.807, 2.05) is 13.0 Å². The van der Waals surface area contributed by atoms with Gasteiger partial charge in [0.2, 0.25) is 0 Å². The van der Waals surface area contributed by atoms with Crippen LogP contribution in [0.5, 0.6) is 0 Å². The van der Waals surface area contributed by atoms with Crippen LogP contribution in [0.25, 0.3) is 0 Å². The van der Waals surface area contributed by atoms with Crippen LogP contribution >= 0.6 is 11.3 Å². The lowest BCUT2D eigenvalue weighted by Gasteiger charge is -2.21. The Balaban J connectivity index is 2.01. The molecule has 2 amide bonds. The lowest BCUT2D eigenvalue weighted by Crippen LogP contribution is -2.36. The molecule has 0 unspecified atom stereocenters. The second-order valence-corrected chi connectivity index (χ2v) is 6.01. The first-order valence-corrected chi connectivity index (χ1v) is 7.36. The molecule has 2 rings (SSSR count). The Morgan fingerprint density at radius 3 is 2.90 bits per heavy atom. The molecule has 0 aliphatic heterocycles. The van der Waals surface area contributed by atoms with Crippen molar-refractivity contribution < 1.29 is 9.53 Å². The first-order valence-electron chi connectivity index (χ1n) is 6.55. The van der Waals surface area contributed by atoms with Crippen LogP contribution in [-0.2, 0) is 18.3 Å². The van der Waals surface area contributed by atoms with Crippen LogP contribution in [0.15, 0.2) is 18.3 Å². The van der Waals surface area contributed by atoms with Crippen molar-refractivity contribution in [2.45, 2.75) is 13.5 Å². The number of nitrogens with zero attached hydrogens (tertiary/aromatic N) is 4. The molecule has 0 bridgehead atoms. The van der Waals surface area contributed by atoms with Crippen LogP contribution < -0.4 is 5.32 Å². The first kappa shape index (κ1) is 15.5. The van der Waals surface area contributed by atoms with Crippen molar-refractivity contribution >= 4 is 23.2 Å². The zero-order chi connectivity index (χ0) is 15.2. The van der Waals surface area contributed by atoms with Gasteiger partial charge in [0.25, 0.3) is 0 Å². The summed E-state index contributed by atoms with van der Waals surface area (Å²) < 4.78 is 6.61. The fourth-order valence-corrected chi connectivity index (χ4v) is 2.71. The molecule has 1 N–H and O–H groups in total. The van der Waals surface area contributed by atoms with Gasteiger partial charge in [0.05, 0.1) is 19.3 Å². The minimum absolute atomic E-state index is 0.210. The molecule has 0 radical (unpaired) electrons. The Kier molecular flexibility index (Phi) is 5.29. The number of carbonyl (C=O) groups is 1. The number of carbonyl (C=O) groups excluding carboxylic acids is 1. The van der Waals surface area contributed by atoms with Crippen LogP contribution in [0.3, 0.4) is 0 Å². The number of methoxy groups -OCH3 is 1. The summed E-state index contributed by atoms with van der Waals surface area (Å²) in [5.74, 6) is 0.437. The SMILES string of the molecule is COCCN(Cc1ccc(C)s1)C(=O)Nc1cn(C)nn1. The maximum Gasteiger partial charge on any atom is 0.323 e. The van der Waals surface area contributed by atoms with Gasteiger partial charge < -0.3 is 9.64 Å². The maximum absolute atomic E-state index is 12.3. The average molecular weight is 309 g/mol. The zero-order valence-corrected chi connectivity index (χ0v) is 13.2. The number of rotatable bonds is 6. The summed E-state index contributed by atoms with van der Waals surface area (Å²) >= 11 is 1.68. The zero-order valence-electron chi connectivity index (χ0n) is 12.4. The Labute approximate surface area is 127 Å². The van der Waals surface area contributed by atoms with Gasteiger partial charge in [-0.3, -0.25) is 10.00 Å². The molecule has 0 atom stereocenters. The number of urea groups is 1. The third kappa shape index (κ3) is 4.54. The van der Waals surface area contributed by atoms with Gasteiger partial charge in [-0.2, -0.15) is 0 Å². The van der Waals surface area contributed by atoms with E-state index in [4.69, 9.17) is 4.74 Å². The fourth-order valence-electron chi connectivity index (χ4n) is 1.81. The van der Waals surface area contributed by atoms with E-state index < -0.39 is 0 Å². The summed E-state index contributed by atoms with van der Waals surface area (Å²) in [6, 6.07) is 3.88. The number of amides is 2. The standard InChI is InChI=1S/C13H19N5O2S/c1-10-4-5-11(21-10)8-18(6-7-20-3)13(19)14-12-9-17(2)16-15-12/h4-5,9H,6-8H2,1-3H3,(H,14,19). The quantitative estimate of drug-likeness (QED) is 0.884. The highest BCUT2D eigenvalue weighted by Gasteiger charge is 2.16. The van der Waals surface area contributed by atoms with E-state index in [-0.39, 0.29) is 6.03 Å². The number of aromatic nitrogens is 3. The fraction of sp³-hybridized carbons (Fsp3) is 0.462. The van der Waals surface area contributed by atoms with Gasteiger partial charge in [0.1, 0.15) is 0 Å². The molecule has 0 aromatic carbocycles. The predicted molar refractivity (Wildman–Crippen MR) is 81.4 cm³/mol. The highest BCUT2D eigenvalue weighted by atomic mass is 32.1. The molecular weight excluding hydrogens is 290 g/mol. The van der Waals surface area contributed by atoms with E-state index in [2.05, 4.69) is 21.7 Å². The van der Waals surface area contributed by atoms with Crippen LogP contribution in [0.2, 0.25) is 0 Å². The Hall–Kier alpha value is -1.93. The molecule has 2 aromatic heterocycles. The highest BCUT2D eigenvalue weighted by molar-refractivity contribution is 7.11. The van der Waals surface area contributed by atoms with Gasteiger partial charge in [-0.05, 0) is 19.1 Å². The molecule has 21 heavy (non-hydrogen) atoms. The van der Waals surface area contributed by atoms with Crippen molar-refractivity contribution in [3.8, 4) is 0 Å². The van der Waals surface area contributed by atoms with Gasteiger partial charge in [-0.1, -0.05) is 5.21 Å². The third-order valence-electron chi connectivity index (χ3n) is 2.83. The number of nitrogens with one attached hydrogen (secondary N) is 1. The number of anilines is 1. The normalized spacial score (nSPS) is 10.6. The number of thiophene rings is 1. The highest BCUT2D eigenvalue weighted by Crippen LogP contribution is 2.17. The molecule has 0 aliphatic rings. The van der Waals surface area contributed by atoms with E-state index in [9.17, 15) is 4.79 Å². The van der Waals surface area contributed by atoms with E-state index in [0.717, 1.165) is 4.88 Å². The molecule has 2 aromatic rings. The molecule has 114 valence electrons. The largest absolute Gasteiger partial charge is 0.383 e. The maximum atomic E-state index is 12.3. The number of aryl methyl sites for hydroxylation is 2. The van der Waals surface area contributed by atoms with Crippen molar-refractivity contribution in [3.63, 3.8) is 0 Å².